The maximum Gasteiger partial charge on any atom is 0.496 e. The van der Waals surface area contributed by atoms with Crippen LogP contribution in [0.25, 0.3) is 0 Å². The van der Waals surface area contributed by atoms with Gasteiger partial charge in [-0.05, 0) is 68.4 Å². The van der Waals surface area contributed by atoms with Crippen LogP contribution in [0, 0.1) is 0 Å². The van der Waals surface area contributed by atoms with Crippen LogP contribution in [0.3, 0.4) is 0 Å². The minimum absolute atomic E-state index is 0.130. The number of nitrogens with zero attached hydrogens (tertiary/aromatic N) is 1. The molecule has 0 bridgehead atoms. The van der Waals surface area contributed by atoms with Gasteiger partial charge in [-0.3, -0.25) is 4.79 Å². The van der Waals surface area contributed by atoms with Gasteiger partial charge in [0.1, 0.15) is 11.2 Å². The molecule has 27 heavy (non-hydrogen) atoms. The molecule has 1 aromatic rings. The number of aromatic nitrogens is 1. The first kappa shape index (κ1) is 21.7. The summed E-state index contributed by atoms with van der Waals surface area (Å²) in [5.41, 5.74) is -1.23. The second kappa shape index (κ2) is 7.10. The Balaban J connectivity index is 2.00. The summed E-state index contributed by atoms with van der Waals surface area (Å²) in [7, 11) is -0.466. The van der Waals surface area contributed by atoms with Crippen LogP contribution < -0.4 is 10.2 Å². The second-order valence-corrected chi connectivity index (χ2v) is 9.64. The van der Waals surface area contributed by atoms with E-state index in [1.54, 1.807) is 12.3 Å². The molecule has 0 aromatic carbocycles. The highest BCUT2D eigenvalue weighted by atomic mass is 16.7. The molecule has 6 nitrogen and oxygen atoms in total. The summed E-state index contributed by atoms with van der Waals surface area (Å²) < 4.78 is 23.3. The van der Waals surface area contributed by atoms with Gasteiger partial charge in [0.15, 0.2) is 0 Å². The minimum atomic E-state index is -0.735. The van der Waals surface area contributed by atoms with Crippen LogP contribution in [0.5, 0.6) is 5.88 Å². The average molecular weight is 377 g/mol. The number of carbonyl (C=O) groups excluding carboxylic acids is 1. The van der Waals surface area contributed by atoms with Crippen molar-refractivity contribution in [1.82, 2.24) is 4.98 Å². The summed E-state index contributed by atoms with van der Waals surface area (Å²) in [6, 6.07) is 3.63. The van der Waals surface area contributed by atoms with Gasteiger partial charge < -0.3 is 18.8 Å². The van der Waals surface area contributed by atoms with Gasteiger partial charge in [0, 0.05) is 11.7 Å². The van der Waals surface area contributed by atoms with Crippen LogP contribution in [0.15, 0.2) is 18.3 Å². The lowest BCUT2D eigenvalue weighted by atomic mass is 9.80. The van der Waals surface area contributed by atoms with Crippen LogP contribution >= 0.6 is 0 Å². The molecule has 1 fully saturated rings. The molecular formula is C20H32BNO5. The van der Waals surface area contributed by atoms with Gasteiger partial charge in [-0.1, -0.05) is 6.07 Å². The number of rotatable bonds is 5. The maximum absolute atomic E-state index is 12.1. The monoisotopic (exact) mass is 377 g/mol. The molecule has 0 radical (unpaired) electrons. The van der Waals surface area contributed by atoms with Gasteiger partial charge in [0.2, 0.25) is 5.88 Å². The van der Waals surface area contributed by atoms with Crippen LogP contribution in [-0.4, -0.2) is 40.5 Å². The Morgan fingerprint density at radius 2 is 1.63 bits per heavy atom. The summed E-state index contributed by atoms with van der Waals surface area (Å²) in [6.45, 7) is 17.2. The van der Waals surface area contributed by atoms with Crippen molar-refractivity contribution in [1.29, 1.82) is 0 Å². The summed E-state index contributed by atoms with van der Waals surface area (Å²) >= 11 is 0. The fourth-order valence-electron chi connectivity index (χ4n) is 2.62. The zero-order valence-corrected chi connectivity index (χ0v) is 18.0. The van der Waals surface area contributed by atoms with Crippen molar-refractivity contribution >= 4 is 18.6 Å². The predicted octanol–water partition coefficient (Wildman–Crippen LogP) is 3.27. The van der Waals surface area contributed by atoms with Gasteiger partial charge in [0.25, 0.3) is 0 Å². The molecular weight excluding hydrogens is 345 g/mol. The Morgan fingerprint density at radius 3 is 2.07 bits per heavy atom. The first-order valence-corrected chi connectivity index (χ1v) is 9.33. The standard InChI is InChI=1S/C20H32BNO5/c1-17(2,3)25-16(23)12-18(4,5)24-15-11-10-14(13-22-15)21-26-19(6,7)20(8,9)27-21/h10-11,13H,12H2,1-9H3. The van der Waals surface area contributed by atoms with Crippen molar-refractivity contribution < 1.29 is 23.6 Å². The van der Waals surface area contributed by atoms with Gasteiger partial charge in [-0.15, -0.1) is 0 Å². The number of pyridine rings is 1. The molecule has 0 aliphatic carbocycles. The van der Waals surface area contributed by atoms with E-state index in [0.717, 1.165) is 5.46 Å². The lowest BCUT2D eigenvalue weighted by molar-refractivity contribution is -0.158. The Labute approximate surface area is 163 Å². The summed E-state index contributed by atoms with van der Waals surface area (Å²) in [5.74, 6) is 0.130. The molecule has 0 spiro atoms. The molecule has 0 saturated carbocycles. The van der Waals surface area contributed by atoms with E-state index in [0.29, 0.717) is 5.88 Å². The normalized spacial score (nSPS) is 19.1. The summed E-state index contributed by atoms with van der Waals surface area (Å²) in [5, 5.41) is 0. The Hall–Kier alpha value is -1.60. The van der Waals surface area contributed by atoms with Crippen molar-refractivity contribution in [2.24, 2.45) is 0 Å². The molecule has 150 valence electrons. The van der Waals surface area contributed by atoms with Crippen LogP contribution in [0.1, 0.15) is 68.7 Å². The van der Waals surface area contributed by atoms with Gasteiger partial charge >= 0.3 is 13.1 Å². The number of esters is 1. The fourth-order valence-corrected chi connectivity index (χ4v) is 2.62. The molecule has 0 unspecified atom stereocenters. The number of carbonyl (C=O) groups is 1. The lowest BCUT2D eigenvalue weighted by Gasteiger charge is -2.32. The zero-order valence-electron chi connectivity index (χ0n) is 18.0. The third kappa shape index (κ3) is 5.69. The summed E-state index contributed by atoms with van der Waals surface area (Å²) in [6.07, 6.45) is 1.81. The van der Waals surface area contributed by atoms with Gasteiger partial charge in [-0.25, -0.2) is 4.98 Å². The van der Waals surface area contributed by atoms with Crippen molar-refractivity contribution in [2.45, 2.75) is 91.1 Å². The van der Waals surface area contributed by atoms with E-state index in [-0.39, 0.29) is 12.4 Å². The van der Waals surface area contributed by atoms with E-state index in [4.69, 9.17) is 18.8 Å². The average Bonchev–Trinajstić information content (AvgIpc) is 2.64. The van der Waals surface area contributed by atoms with Gasteiger partial charge in [-0.2, -0.15) is 0 Å². The van der Waals surface area contributed by atoms with E-state index < -0.39 is 29.5 Å². The minimum Gasteiger partial charge on any atom is -0.471 e. The highest BCUT2D eigenvalue weighted by Gasteiger charge is 2.51. The third-order valence-corrected chi connectivity index (χ3v) is 4.66. The smallest absolute Gasteiger partial charge is 0.471 e. The maximum atomic E-state index is 12.1. The molecule has 0 N–H and O–H groups in total. The molecule has 1 aliphatic heterocycles. The first-order chi connectivity index (χ1) is 12.1. The van der Waals surface area contributed by atoms with Crippen LogP contribution in [-0.2, 0) is 18.8 Å². The molecule has 1 saturated heterocycles. The van der Waals surface area contributed by atoms with Gasteiger partial charge in [0.05, 0.1) is 17.6 Å². The largest absolute Gasteiger partial charge is 0.496 e. The van der Waals surface area contributed by atoms with Crippen molar-refractivity contribution in [3.8, 4) is 5.88 Å². The van der Waals surface area contributed by atoms with E-state index in [1.807, 2.05) is 68.4 Å². The SMILES string of the molecule is CC(C)(C)OC(=O)CC(C)(C)Oc1ccc(B2OC(C)(C)C(C)(C)O2)cn1. The fraction of sp³-hybridized carbons (Fsp3) is 0.700. The predicted molar refractivity (Wildman–Crippen MR) is 105 cm³/mol. The summed E-state index contributed by atoms with van der Waals surface area (Å²) in [4.78, 5) is 16.4. The Kier molecular flexibility index (Phi) is 5.70. The number of ether oxygens (including phenoxy) is 2. The van der Waals surface area contributed by atoms with E-state index in [1.165, 1.54) is 0 Å². The van der Waals surface area contributed by atoms with Crippen molar-refractivity contribution in [3.05, 3.63) is 18.3 Å². The number of hydrogen-bond donors (Lipinski definition) is 0. The van der Waals surface area contributed by atoms with Crippen LogP contribution in [0.4, 0.5) is 0 Å². The quantitative estimate of drug-likeness (QED) is 0.580. The molecule has 2 rings (SSSR count). The molecule has 1 aliphatic rings. The molecule has 0 atom stereocenters. The van der Waals surface area contributed by atoms with E-state index in [2.05, 4.69) is 4.98 Å². The molecule has 0 amide bonds. The zero-order chi connectivity index (χ0) is 20.7. The van der Waals surface area contributed by atoms with Crippen molar-refractivity contribution in [3.63, 3.8) is 0 Å². The van der Waals surface area contributed by atoms with Crippen molar-refractivity contribution in [2.75, 3.05) is 0 Å². The number of hydrogen-bond acceptors (Lipinski definition) is 6. The molecule has 7 heteroatoms. The lowest BCUT2D eigenvalue weighted by Crippen LogP contribution is -2.41. The Bertz CT molecular complexity index is 661. The van der Waals surface area contributed by atoms with E-state index >= 15 is 0 Å². The highest BCUT2D eigenvalue weighted by molar-refractivity contribution is 6.62. The molecule has 2 heterocycles. The first-order valence-electron chi connectivity index (χ1n) is 9.33. The third-order valence-electron chi connectivity index (χ3n) is 4.66. The topological polar surface area (TPSA) is 66.9 Å². The van der Waals surface area contributed by atoms with Crippen LogP contribution in [0.2, 0.25) is 0 Å². The van der Waals surface area contributed by atoms with E-state index in [9.17, 15) is 4.79 Å². The second-order valence-electron chi connectivity index (χ2n) is 9.64. The Morgan fingerprint density at radius 1 is 1.07 bits per heavy atom. The highest BCUT2D eigenvalue weighted by Crippen LogP contribution is 2.36. The molecule has 1 aromatic heterocycles.